The third-order valence-electron chi connectivity index (χ3n) is 2.36. The van der Waals surface area contributed by atoms with Crippen LogP contribution in [0.2, 0.25) is 0 Å². The summed E-state index contributed by atoms with van der Waals surface area (Å²) >= 11 is 0. The molecule has 1 aromatic rings. The van der Waals surface area contributed by atoms with E-state index in [0.717, 1.165) is 6.42 Å². The van der Waals surface area contributed by atoms with Gasteiger partial charge in [-0.25, -0.2) is 4.99 Å². The average molecular weight is 242 g/mol. The highest BCUT2D eigenvalue weighted by Gasteiger charge is 2.28. The number of rotatable bonds is 3. The first kappa shape index (κ1) is 12.8. The fourth-order valence-corrected chi connectivity index (χ4v) is 1.54. The Kier molecular flexibility index (Phi) is 4.12. The van der Waals surface area contributed by atoms with Gasteiger partial charge in [0.15, 0.2) is 5.79 Å². The molecule has 1 aliphatic heterocycles. The first-order chi connectivity index (χ1) is 7.18. The van der Waals surface area contributed by atoms with Crippen molar-refractivity contribution < 1.29 is 0 Å². The zero-order chi connectivity index (χ0) is 10.7. The fourth-order valence-electron chi connectivity index (χ4n) is 1.54. The summed E-state index contributed by atoms with van der Waals surface area (Å²) in [5.41, 5.74) is 18.2. The van der Waals surface area contributed by atoms with Crippen LogP contribution in [0.15, 0.2) is 35.3 Å². The van der Waals surface area contributed by atoms with Gasteiger partial charge in [-0.05, 0) is 12.0 Å². The van der Waals surface area contributed by atoms with E-state index in [2.05, 4.69) is 28.0 Å². The number of benzene rings is 1. The van der Waals surface area contributed by atoms with E-state index in [9.17, 15) is 0 Å². The summed E-state index contributed by atoms with van der Waals surface area (Å²) in [7, 11) is 0. The minimum absolute atomic E-state index is 0. The lowest BCUT2D eigenvalue weighted by Crippen LogP contribution is -2.53. The standard InChI is InChI=1S/C10H15N5.ClH/c11-9-13-10(12,15-14-9)7-6-8-4-2-1-3-5-8;/h1-5,15H,6-7,12H2,(H3,11,13,14);1H. The topological polar surface area (TPSA) is 88.5 Å². The summed E-state index contributed by atoms with van der Waals surface area (Å²) in [5.74, 6) is -0.439. The van der Waals surface area contributed by atoms with Gasteiger partial charge in [0.05, 0.1) is 0 Å². The molecule has 0 spiro atoms. The molecule has 0 saturated carbocycles. The van der Waals surface area contributed by atoms with Crippen molar-refractivity contribution >= 4 is 18.4 Å². The van der Waals surface area contributed by atoms with Crippen LogP contribution in [-0.4, -0.2) is 11.7 Å². The second-order valence-electron chi connectivity index (χ2n) is 3.66. The van der Waals surface area contributed by atoms with E-state index in [-0.39, 0.29) is 12.4 Å². The molecule has 88 valence electrons. The quantitative estimate of drug-likeness (QED) is 0.603. The molecule has 6 N–H and O–H groups in total. The molecular formula is C10H16ClN5. The lowest BCUT2D eigenvalue weighted by molar-refractivity contribution is 0.337. The number of halogens is 1. The summed E-state index contributed by atoms with van der Waals surface area (Å²) < 4.78 is 0. The van der Waals surface area contributed by atoms with Crippen LogP contribution in [0.25, 0.3) is 0 Å². The van der Waals surface area contributed by atoms with Gasteiger partial charge in [-0.1, -0.05) is 30.3 Å². The molecule has 0 saturated heterocycles. The number of nitrogens with two attached hydrogens (primary N) is 2. The average Bonchev–Trinajstić information content (AvgIpc) is 2.58. The smallest absolute Gasteiger partial charge is 0.206 e. The number of nitrogens with one attached hydrogen (secondary N) is 2. The number of hydrogen-bond acceptors (Lipinski definition) is 5. The van der Waals surface area contributed by atoms with Crippen molar-refractivity contribution in [2.24, 2.45) is 16.5 Å². The molecule has 5 nitrogen and oxygen atoms in total. The van der Waals surface area contributed by atoms with Crippen LogP contribution in [0.4, 0.5) is 0 Å². The van der Waals surface area contributed by atoms with Crippen molar-refractivity contribution in [2.45, 2.75) is 18.6 Å². The van der Waals surface area contributed by atoms with E-state index in [1.54, 1.807) is 0 Å². The van der Waals surface area contributed by atoms with Crippen LogP contribution < -0.4 is 22.3 Å². The third kappa shape index (κ3) is 3.10. The maximum Gasteiger partial charge on any atom is 0.206 e. The number of aryl methyl sites for hydroxylation is 1. The minimum atomic E-state index is -0.778. The number of hydrogen-bond donors (Lipinski definition) is 4. The van der Waals surface area contributed by atoms with Crippen molar-refractivity contribution in [3.63, 3.8) is 0 Å². The maximum atomic E-state index is 5.96. The zero-order valence-electron chi connectivity index (χ0n) is 8.81. The first-order valence-electron chi connectivity index (χ1n) is 4.89. The molecule has 16 heavy (non-hydrogen) atoms. The number of guanidine groups is 1. The van der Waals surface area contributed by atoms with Crippen molar-refractivity contribution in [1.29, 1.82) is 0 Å². The highest BCUT2D eigenvalue weighted by Crippen LogP contribution is 2.12. The van der Waals surface area contributed by atoms with Crippen LogP contribution in [0, 0.1) is 0 Å². The summed E-state index contributed by atoms with van der Waals surface area (Å²) in [5, 5.41) is 0. The molecule has 1 aliphatic rings. The van der Waals surface area contributed by atoms with Gasteiger partial charge in [0, 0.05) is 6.42 Å². The molecule has 1 unspecified atom stereocenters. The van der Waals surface area contributed by atoms with Crippen LogP contribution in [0.5, 0.6) is 0 Å². The van der Waals surface area contributed by atoms with E-state index in [1.807, 2.05) is 18.2 Å². The lowest BCUT2D eigenvalue weighted by atomic mass is 10.1. The van der Waals surface area contributed by atoms with Gasteiger partial charge < -0.3 is 5.73 Å². The SMILES string of the molecule is Cl.NC1=NC(N)(CCc2ccccc2)NN1. The number of aliphatic imine (C=N–C) groups is 1. The molecule has 0 bridgehead atoms. The summed E-state index contributed by atoms with van der Waals surface area (Å²) in [4.78, 5) is 4.09. The van der Waals surface area contributed by atoms with E-state index >= 15 is 0 Å². The molecule has 1 aromatic carbocycles. The van der Waals surface area contributed by atoms with E-state index < -0.39 is 5.79 Å². The third-order valence-corrected chi connectivity index (χ3v) is 2.36. The molecule has 1 atom stereocenters. The summed E-state index contributed by atoms with van der Waals surface area (Å²) in [6.07, 6.45) is 1.56. The summed E-state index contributed by atoms with van der Waals surface area (Å²) in [6, 6.07) is 10.2. The van der Waals surface area contributed by atoms with E-state index in [0.29, 0.717) is 12.4 Å². The molecule has 0 aliphatic carbocycles. The molecule has 0 amide bonds. The van der Waals surface area contributed by atoms with Gasteiger partial charge >= 0.3 is 0 Å². The van der Waals surface area contributed by atoms with Gasteiger partial charge in [0.25, 0.3) is 0 Å². The van der Waals surface area contributed by atoms with Crippen molar-refractivity contribution in [1.82, 2.24) is 10.9 Å². The Morgan fingerprint density at radius 3 is 2.50 bits per heavy atom. The van der Waals surface area contributed by atoms with Crippen molar-refractivity contribution in [3.05, 3.63) is 35.9 Å². The second-order valence-corrected chi connectivity index (χ2v) is 3.66. The zero-order valence-corrected chi connectivity index (χ0v) is 9.63. The highest BCUT2D eigenvalue weighted by atomic mass is 35.5. The molecule has 0 radical (unpaired) electrons. The predicted octanol–water partition coefficient (Wildman–Crippen LogP) is 0.0760. The Bertz CT molecular complexity index is 367. The Hall–Kier alpha value is -1.30. The minimum Gasteiger partial charge on any atom is -0.369 e. The Balaban J connectivity index is 0.00000128. The van der Waals surface area contributed by atoms with E-state index in [4.69, 9.17) is 11.5 Å². The largest absolute Gasteiger partial charge is 0.369 e. The molecule has 0 aromatic heterocycles. The monoisotopic (exact) mass is 241 g/mol. The number of nitrogens with zero attached hydrogens (tertiary/aromatic N) is 1. The van der Waals surface area contributed by atoms with Crippen LogP contribution in [0.3, 0.4) is 0 Å². The predicted molar refractivity (Wildman–Crippen MR) is 66.8 cm³/mol. The maximum absolute atomic E-state index is 5.96. The molecule has 6 heteroatoms. The van der Waals surface area contributed by atoms with Crippen LogP contribution in [-0.2, 0) is 6.42 Å². The van der Waals surface area contributed by atoms with Crippen LogP contribution >= 0.6 is 12.4 Å². The molecular weight excluding hydrogens is 226 g/mol. The van der Waals surface area contributed by atoms with Crippen molar-refractivity contribution in [2.75, 3.05) is 0 Å². The van der Waals surface area contributed by atoms with Gasteiger partial charge in [0.2, 0.25) is 5.96 Å². The Labute approximate surface area is 101 Å². The molecule has 2 rings (SSSR count). The second kappa shape index (κ2) is 5.16. The normalized spacial score (nSPS) is 23.2. The Morgan fingerprint density at radius 2 is 1.94 bits per heavy atom. The van der Waals surface area contributed by atoms with Gasteiger partial charge in [-0.15, -0.1) is 12.4 Å². The first-order valence-corrected chi connectivity index (χ1v) is 4.89. The van der Waals surface area contributed by atoms with Gasteiger partial charge in [-0.2, -0.15) is 5.43 Å². The highest BCUT2D eigenvalue weighted by molar-refractivity contribution is 5.85. The molecule has 1 heterocycles. The molecule has 0 fully saturated rings. The lowest BCUT2D eigenvalue weighted by Gasteiger charge is -2.19. The fraction of sp³-hybridized carbons (Fsp3) is 0.300. The van der Waals surface area contributed by atoms with Gasteiger partial charge in [-0.3, -0.25) is 11.2 Å². The van der Waals surface area contributed by atoms with E-state index in [1.165, 1.54) is 5.56 Å². The number of hydrazine groups is 1. The summed E-state index contributed by atoms with van der Waals surface area (Å²) in [6.45, 7) is 0. The van der Waals surface area contributed by atoms with Gasteiger partial charge in [0.1, 0.15) is 0 Å². The van der Waals surface area contributed by atoms with Crippen LogP contribution in [0.1, 0.15) is 12.0 Å². The van der Waals surface area contributed by atoms with Crippen molar-refractivity contribution in [3.8, 4) is 0 Å². The Morgan fingerprint density at radius 1 is 1.25 bits per heavy atom.